The molecular weight excluding hydrogens is 492 g/mol. The molecule has 0 saturated carbocycles. The van der Waals surface area contributed by atoms with Gasteiger partial charge in [-0.25, -0.2) is 4.98 Å². The number of pyridine rings is 1. The number of hydrogen-bond donors (Lipinski definition) is 2. The number of carbonyl (C=O) groups excluding carboxylic acids is 2. The van der Waals surface area contributed by atoms with Crippen molar-refractivity contribution in [2.45, 2.75) is 60.4 Å². The highest BCUT2D eigenvalue weighted by molar-refractivity contribution is 6.38. The van der Waals surface area contributed by atoms with Crippen molar-refractivity contribution in [2.24, 2.45) is 10.9 Å². The number of allylic oxidation sites excluding steroid dienone is 1. The molecule has 2 aromatic rings. The molecule has 1 atom stereocenters. The van der Waals surface area contributed by atoms with Crippen molar-refractivity contribution in [1.29, 1.82) is 0 Å². The third kappa shape index (κ3) is 11.5. The van der Waals surface area contributed by atoms with E-state index in [1.54, 1.807) is 6.20 Å². The van der Waals surface area contributed by atoms with Crippen LogP contribution in [0.1, 0.15) is 58.7 Å². The van der Waals surface area contributed by atoms with E-state index in [0.717, 1.165) is 23.3 Å². The maximum Gasteiger partial charge on any atom is 0.260 e. The van der Waals surface area contributed by atoms with E-state index in [4.69, 9.17) is 21.1 Å². The lowest BCUT2D eigenvalue weighted by molar-refractivity contribution is -0.122. The third-order valence-electron chi connectivity index (χ3n) is 5.37. The van der Waals surface area contributed by atoms with E-state index in [2.05, 4.69) is 34.5 Å². The standard InChI is InChI=1S/C15H19N3O3.C13H18ClNO/c1-10(2)8-17-14(11(3)19)16-7-6-12-4-5-13-15(18-12)21-9-20-13;1-3-10(2)7-13(16)15-9-11-5-4-6-12(14)8-11/h4-5,8H,6-7,9H2,1-3H3,(H,16,17);4-6,8,10H,3,7,9H2,1-2H3,(H,15,16). The van der Waals surface area contributed by atoms with Crippen LogP contribution < -0.4 is 20.1 Å². The highest BCUT2D eigenvalue weighted by Gasteiger charge is 2.15. The van der Waals surface area contributed by atoms with Crippen molar-refractivity contribution in [3.63, 3.8) is 0 Å². The molecule has 0 bridgehead atoms. The first-order valence-corrected chi connectivity index (χ1v) is 12.8. The number of nitrogens with zero attached hydrogens (tertiary/aromatic N) is 2. The number of nitrogens with one attached hydrogen (secondary N) is 2. The second kappa shape index (κ2) is 15.7. The summed E-state index contributed by atoms with van der Waals surface area (Å²) in [5.41, 5.74) is 2.96. The molecule has 3 rings (SSSR count). The van der Waals surface area contributed by atoms with Gasteiger partial charge >= 0.3 is 0 Å². The van der Waals surface area contributed by atoms with Crippen LogP contribution in [0.25, 0.3) is 0 Å². The fourth-order valence-corrected chi connectivity index (χ4v) is 3.31. The first-order chi connectivity index (χ1) is 17.7. The second-order valence-electron chi connectivity index (χ2n) is 9.04. The summed E-state index contributed by atoms with van der Waals surface area (Å²) in [7, 11) is 0. The van der Waals surface area contributed by atoms with Gasteiger partial charge in [0.2, 0.25) is 12.7 Å². The van der Waals surface area contributed by atoms with Crippen molar-refractivity contribution >= 4 is 29.1 Å². The number of aliphatic imine (C=N–C) groups is 1. The lowest BCUT2D eigenvalue weighted by Gasteiger charge is -2.09. The van der Waals surface area contributed by atoms with Crippen LogP contribution in [0.3, 0.4) is 0 Å². The van der Waals surface area contributed by atoms with Crippen molar-refractivity contribution in [1.82, 2.24) is 15.6 Å². The summed E-state index contributed by atoms with van der Waals surface area (Å²) in [6.07, 6.45) is 4.02. The number of carbonyl (C=O) groups is 2. The number of ketones is 1. The van der Waals surface area contributed by atoms with E-state index in [1.165, 1.54) is 6.92 Å². The molecule has 1 unspecified atom stereocenters. The van der Waals surface area contributed by atoms with Crippen LogP contribution in [0.2, 0.25) is 5.02 Å². The average Bonchev–Trinajstić information content (AvgIpc) is 3.33. The van der Waals surface area contributed by atoms with E-state index in [-0.39, 0.29) is 18.5 Å². The maximum absolute atomic E-state index is 11.5. The van der Waals surface area contributed by atoms with Crippen molar-refractivity contribution in [3.05, 3.63) is 64.5 Å². The first kappa shape index (κ1) is 29.8. The fourth-order valence-electron chi connectivity index (χ4n) is 3.10. The van der Waals surface area contributed by atoms with Gasteiger partial charge < -0.3 is 20.1 Å². The van der Waals surface area contributed by atoms with Crippen molar-refractivity contribution in [2.75, 3.05) is 13.3 Å². The molecule has 0 saturated heterocycles. The number of benzene rings is 1. The number of amidine groups is 1. The monoisotopic (exact) mass is 528 g/mol. The second-order valence-corrected chi connectivity index (χ2v) is 9.48. The molecule has 0 aliphatic carbocycles. The Kier molecular flexibility index (Phi) is 12.6. The van der Waals surface area contributed by atoms with Gasteiger partial charge in [0.1, 0.15) is 0 Å². The summed E-state index contributed by atoms with van der Waals surface area (Å²) >= 11 is 5.85. The van der Waals surface area contributed by atoms with Gasteiger partial charge in [-0.2, -0.15) is 0 Å². The molecule has 200 valence electrons. The van der Waals surface area contributed by atoms with Gasteiger partial charge in [0.15, 0.2) is 17.4 Å². The Balaban J connectivity index is 0.000000271. The minimum atomic E-state index is -0.0915. The Morgan fingerprint density at radius 1 is 1.19 bits per heavy atom. The van der Waals surface area contributed by atoms with Gasteiger partial charge in [0, 0.05) is 49.8 Å². The van der Waals surface area contributed by atoms with E-state index in [0.29, 0.717) is 54.3 Å². The average molecular weight is 529 g/mol. The number of hydrogen-bond acceptors (Lipinski definition) is 6. The minimum absolute atomic E-state index is 0.0915. The van der Waals surface area contributed by atoms with E-state index < -0.39 is 0 Å². The number of ether oxygens (including phenoxy) is 2. The number of aromatic nitrogens is 1. The summed E-state index contributed by atoms with van der Waals surface area (Å²) in [5.74, 6) is 2.00. The Morgan fingerprint density at radius 3 is 2.65 bits per heavy atom. The van der Waals surface area contributed by atoms with Gasteiger partial charge in [0.05, 0.1) is 0 Å². The zero-order valence-corrected chi connectivity index (χ0v) is 23.0. The molecule has 2 heterocycles. The molecule has 37 heavy (non-hydrogen) atoms. The van der Waals surface area contributed by atoms with Crippen LogP contribution in [0.15, 0.2) is 53.2 Å². The summed E-state index contributed by atoms with van der Waals surface area (Å²) in [5, 5.41) is 6.52. The van der Waals surface area contributed by atoms with E-state index in [9.17, 15) is 9.59 Å². The number of fused-ring (bicyclic) bond motifs is 1. The molecule has 1 aliphatic heterocycles. The van der Waals surface area contributed by atoms with Crippen molar-refractivity contribution in [3.8, 4) is 11.6 Å². The van der Waals surface area contributed by atoms with Crippen LogP contribution in [0, 0.1) is 5.92 Å². The SMILES string of the molecule is CC(=O)C(=NCCc1ccc2c(n1)OCO2)NC=C(C)C.CCC(C)CC(=O)NCc1cccc(Cl)c1. The predicted octanol–water partition coefficient (Wildman–Crippen LogP) is 5.25. The van der Waals surface area contributed by atoms with Gasteiger partial charge in [-0.05, 0) is 49.6 Å². The van der Waals surface area contributed by atoms with Gasteiger partial charge in [-0.15, -0.1) is 0 Å². The third-order valence-corrected chi connectivity index (χ3v) is 5.61. The molecule has 1 amide bonds. The van der Waals surface area contributed by atoms with Crippen LogP contribution in [0.4, 0.5) is 0 Å². The Morgan fingerprint density at radius 2 is 1.97 bits per heavy atom. The Bertz CT molecular complexity index is 1110. The number of rotatable bonds is 10. The number of amides is 1. The van der Waals surface area contributed by atoms with Crippen LogP contribution in [0.5, 0.6) is 11.6 Å². The highest BCUT2D eigenvalue weighted by Crippen LogP contribution is 2.29. The molecule has 0 fully saturated rings. The van der Waals surface area contributed by atoms with E-state index in [1.807, 2.05) is 50.2 Å². The number of Topliss-reactive ketones (excluding diaryl/α,β-unsaturated/α-hetero) is 1. The topological polar surface area (TPSA) is 102 Å². The van der Waals surface area contributed by atoms with Crippen molar-refractivity contribution < 1.29 is 19.1 Å². The Hall–Kier alpha value is -3.39. The normalized spacial score (nSPS) is 12.6. The summed E-state index contributed by atoms with van der Waals surface area (Å²) in [6, 6.07) is 11.2. The van der Waals surface area contributed by atoms with E-state index >= 15 is 0 Å². The molecule has 8 nitrogen and oxygen atoms in total. The lowest BCUT2D eigenvalue weighted by Crippen LogP contribution is -2.26. The zero-order valence-electron chi connectivity index (χ0n) is 22.3. The quantitative estimate of drug-likeness (QED) is 0.323. The van der Waals surface area contributed by atoms with Gasteiger partial charge in [-0.3, -0.25) is 14.6 Å². The molecule has 1 aliphatic rings. The molecule has 0 radical (unpaired) electrons. The van der Waals surface area contributed by atoms with Crippen LogP contribution in [-0.4, -0.2) is 35.8 Å². The maximum atomic E-state index is 11.5. The Labute approximate surface area is 224 Å². The van der Waals surface area contributed by atoms with Crippen LogP contribution in [-0.2, 0) is 22.6 Å². The molecule has 0 spiro atoms. The van der Waals surface area contributed by atoms with Gasteiger partial charge in [-0.1, -0.05) is 49.6 Å². The van der Waals surface area contributed by atoms with Crippen LogP contribution >= 0.6 is 11.6 Å². The number of halogens is 1. The highest BCUT2D eigenvalue weighted by atomic mass is 35.5. The fraction of sp³-hybridized carbons (Fsp3) is 0.429. The molecule has 1 aromatic carbocycles. The largest absolute Gasteiger partial charge is 0.452 e. The minimum Gasteiger partial charge on any atom is -0.452 e. The molecule has 1 aromatic heterocycles. The zero-order chi connectivity index (χ0) is 27.2. The molecule has 9 heteroatoms. The first-order valence-electron chi connectivity index (χ1n) is 12.4. The summed E-state index contributed by atoms with van der Waals surface area (Å²) in [4.78, 5) is 31.6. The molecular formula is C28H37ClN4O4. The summed E-state index contributed by atoms with van der Waals surface area (Å²) < 4.78 is 10.4. The smallest absolute Gasteiger partial charge is 0.260 e. The molecule has 2 N–H and O–H groups in total. The predicted molar refractivity (Wildman–Crippen MR) is 147 cm³/mol. The van der Waals surface area contributed by atoms with Gasteiger partial charge in [0.25, 0.3) is 5.88 Å². The summed E-state index contributed by atoms with van der Waals surface area (Å²) in [6.45, 7) is 10.8. The lowest BCUT2D eigenvalue weighted by atomic mass is 10.1.